The van der Waals surface area contributed by atoms with Crippen LogP contribution in [0.5, 0.6) is 5.75 Å². The van der Waals surface area contributed by atoms with E-state index in [-0.39, 0.29) is 34.8 Å². The molecule has 3 aromatic carbocycles. The summed E-state index contributed by atoms with van der Waals surface area (Å²) in [6.45, 7) is 8.44. The zero-order valence-corrected chi connectivity index (χ0v) is 28.4. The molecule has 3 heterocycles. The summed E-state index contributed by atoms with van der Waals surface area (Å²) in [4.78, 5) is 31.8. The fraction of sp³-hybridized carbons (Fsp3) is 0.333. The van der Waals surface area contributed by atoms with Gasteiger partial charge in [0.05, 0.1) is 30.6 Å². The SMILES string of the molecule is COc1ccc(CN(c2ncns2)S(=O)(=O)c2ccc3c(c2)oc(=O)n3Cc2cccc3c2CN(C(=O)OC(C)(C)C)CC3)c(C)c1. The van der Waals surface area contributed by atoms with E-state index in [1.165, 1.54) is 27.3 Å². The molecule has 0 atom stereocenters. The van der Waals surface area contributed by atoms with Crippen molar-refractivity contribution in [3.8, 4) is 5.75 Å². The molecule has 0 radical (unpaired) electrons. The fourth-order valence-electron chi connectivity index (χ4n) is 5.60. The molecular weight excluding hydrogens is 643 g/mol. The number of rotatable bonds is 8. The molecule has 12 nitrogen and oxygen atoms in total. The highest BCUT2D eigenvalue weighted by atomic mass is 32.2. The van der Waals surface area contributed by atoms with Gasteiger partial charge in [0.25, 0.3) is 10.0 Å². The first-order chi connectivity index (χ1) is 22.3. The Balaban J connectivity index is 1.31. The van der Waals surface area contributed by atoms with Crippen molar-refractivity contribution in [1.82, 2.24) is 18.8 Å². The highest BCUT2D eigenvalue weighted by Crippen LogP contribution is 2.31. The maximum atomic E-state index is 14.1. The third-order valence-corrected chi connectivity index (χ3v) is 10.5. The molecule has 0 aliphatic carbocycles. The number of hydrogen-bond donors (Lipinski definition) is 0. The maximum absolute atomic E-state index is 14.1. The van der Waals surface area contributed by atoms with Gasteiger partial charge in [-0.3, -0.25) is 4.57 Å². The van der Waals surface area contributed by atoms with Gasteiger partial charge in [0.1, 0.15) is 17.7 Å². The van der Waals surface area contributed by atoms with E-state index >= 15 is 0 Å². The Bertz CT molecular complexity index is 2120. The van der Waals surface area contributed by atoms with Gasteiger partial charge < -0.3 is 18.8 Å². The van der Waals surface area contributed by atoms with Gasteiger partial charge in [-0.15, -0.1) is 0 Å². The molecular formula is C33H35N5O7S2. The van der Waals surface area contributed by atoms with E-state index in [0.717, 1.165) is 39.3 Å². The summed E-state index contributed by atoms with van der Waals surface area (Å²) in [5.74, 6) is 0.0414. The number of aromatic nitrogens is 3. The van der Waals surface area contributed by atoms with Crippen molar-refractivity contribution in [3.05, 3.63) is 99.3 Å². The van der Waals surface area contributed by atoms with Crippen LogP contribution in [0.15, 0.2) is 75.0 Å². The van der Waals surface area contributed by atoms with Gasteiger partial charge in [0.2, 0.25) is 5.13 Å². The van der Waals surface area contributed by atoms with Gasteiger partial charge in [0.15, 0.2) is 5.58 Å². The Labute approximate surface area is 276 Å². The number of oxazole rings is 1. The van der Waals surface area contributed by atoms with E-state index < -0.39 is 21.4 Å². The molecule has 0 bridgehead atoms. The summed E-state index contributed by atoms with van der Waals surface area (Å²) in [6, 6.07) is 15.7. The minimum Gasteiger partial charge on any atom is -0.497 e. The number of sulfonamides is 1. The summed E-state index contributed by atoms with van der Waals surface area (Å²) < 4.78 is 51.4. The van der Waals surface area contributed by atoms with Crippen molar-refractivity contribution >= 4 is 43.9 Å². The molecule has 0 saturated carbocycles. The first-order valence-corrected chi connectivity index (χ1v) is 17.2. The number of methoxy groups -OCH3 is 1. The quantitative estimate of drug-likeness (QED) is 0.209. The number of ether oxygens (including phenoxy) is 2. The summed E-state index contributed by atoms with van der Waals surface area (Å²) >= 11 is 0.963. The van der Waals surface area contributed by atoms with Crippen LogP contribution >= 0.6 is 11.5 Å². The smallest absolute Gasteiger partial charge is 0.420 e. The summed E-state index contributed by atoms with van der Waals surface area (Å²) in [5.41, 5.74) is 4.48. The molecule has 0 N–H and O–H groups in total. The average molecular weight is 678 g/mol. The molecule has 0 fully saturated rings. The zero-order valence-electron chi connectivity index (χ0n) is 26.7. The predicted octanol–water partition coefficient (Wildman–Crippen LogP) is 5.50. The summed E-state index contributed by atoms with van der Waals surface area (Å²) in [5, 5.41) is 0.202. The number of carbonyl (C=O) groups excluding carboxylic acids is 1. The van der Waals surface area contributed by atoms with E-state index in [1.807, 2.05) is 58.0 Å². The van der Waals surface area contributed by atoms with Crippen LogP contribution in [0.4, 0.5) is 9.93 Å². The second-order valence-electron chi connectivity index (χ2n) is 12.3. The maximum Gasteiger partial charge on any atom is 0.420 e. The first-order valence-electron chi connectivity index (χ1n) is 15.0. The zero-order chi connectivity index (χ0) is 33.5. The molecule has 2 aromatic heterocycles. The van der Waals surface area contributed by atoms with Gasteiger partial charge in [0, 0.05) is 30.7 Å². The predicted molar refractivity (Wildman–Crippen MR) is 177 cm³/mol. The topological polar surface area (TPSA) is 137 Å². The Morgan fingerprint density at radius 1 is 1.11 bits per heavy atom. The minimum absolute atomic E-state index is 0.00970. The van der Waals surface area contributed by atoms with Crippen LogP contribution in [0.3, 0.4) is 0 Å². The molecule has 0 unspecified atom stereocenters. The average Bonchev–Trinajstić information content (AvgIpc) is 3.67. The normalized spacial score (nSPS) is 13.4. The Hall–Kier alpha value is -4.69. The molecule has 6 rings (SSSR count). The minimum atomic E-state index is -4.16. The Morgan fingerprint density at radius 3 is 2.62 bits per heavy atom. The van der Waals surface area contributed by atoms with E-state index in [0.29, 0.717) is 30.8 Å². The number of amides is 1. The van der Waals surface area contributed by atoms with Gasteiger partial charge >= 0.3 is 11.8 Å². The van der Waals surface area contributed by atoms with Gasteiger partial charge in [-0.05, 0) is 86.2 Å². The van der Waals surface area contributed by atoms with Crippen molar-refractivity contribution in [1.29, 1.82) is 0 Å². The summed E-state index contributed by atoms with van der Waals surface area (Å²) in [7, 11) is -2.59. The molecule has 0 spiro atoms. The van der Waals surface area contributed by atoms with Crippen molar-refractivity contribution in [3.63, 3.8) is 0 Å². The van der Waals surface area contributed by atoms with Gasteiger partial charge in [-0.1, -0.05) is 24.3 Å². The van der Waals surface area contributed by atoms with Crippen LogP contribution < -0.4 is 14.8 Å². The molecule has 1 amide bonds. The number of carbonyl (C=O) groups is 1. The first kappa shape index (κ1) is 32.3. The van der Waals surface area contributed by atoms with Gasteiger partial charge in [-0.25, -0.2) is 27.3 Å². The highest BCUT2D eigenvalue weighted by Gasteiger charge is 2.30. The monoisotopic (exact) mass is 677 g/mol. The van der Waals surface area contributed by atoms with Crippen molar-refractivity contribution < 1.29 is 27.1 Å². The number of fused-ring (bicyclic) bond motifs is 2. The molecule has 5 aromatic rings. The van der Waals surface area contributed by atoms with Crippen LogP contribution in [0.1, 0.15) is 48.6 Å². The number of anilines is 1. The Morgan fingerprint density at radius 2 is 1.91 bits per heavy atom. The van der Waals surface area contributed by atoms with Crippen LogP contribution in [-0.4, -0.2) is 52.6 Å². The van der Waals surface area contributed by atoms with E-state index in [4.69, 9.17) is 13.9 Å². The third-order valence-electron chi connectivity index (χ3n) is 8.00. The molecule has 246 valence electrons. The second-order valence-corrected chi connectivity index (χ2v) is 14.9. The standard InChI is InChI=1S/C33H35N5O7S2/c1-21-15-25(43-5)10-9-23(21)18-38(30-34-20-35-46-30)47(41,42)26-11-12-28-29(16-26)44-32(40)37(28)17-24-8-6-7-22-13-14-36(19-27(22)24)31(39)45-33(2,3)4/h6-12,15-16,20H,13-14,17-19H2,1-5H3. The lowest BCUT2D eigenvalue weighted by molar-refractivity contribution is 0.0223. The molecule has 1 aliphatic rings. The number of aryl methyl sites for hydroxylation is 1. The fourth-order valence-corrected chi connectivity index (χ4v) is 7.74. The van der Waals surface area contributed by atoms with E-state index in [9.17, 15) is 18.0 Å². The third kappa shape index (κ3) is 6.60. The van der Waals surface area contributed by atoms with Crippen LogP contribution in [0.25, 0.3) is 11.1 Å². The lowest BCUT2D eigenvalue weighted by Gasteiger charge is -2.32. The Kier molecular flexibility index (Phi) is 8.57. The van der Waals surface area contributed by atoms with Crippen LogP contribution in [-0.2, 0) is 40.8 Å². The van der Waals surface area contributed by atoms with E-state index in [1.54, 1.807) is 24.1 Å². The largest absolute Gasteiger partial charge is 0.497 e. The molecule has 1 aliphatic heterocycles. The van der Waals surface area contributed by atoms with E-state index in [2.05, 4.69) is 9.36 Å². The van der Waals surface area contributed by atoms with Gasteiger partial charge in [-0.2, -0.15) is 4.37 Å². The lowest BCUT2D eigenvalue weighted by Crippen LogP contribution is -2.40. The number of benzene rings is 3. The van der Waals surface area contributed by atoms with Crippen molar-refractivity contribution in [2.75, 3.05) is 18.0 Å². The van der Waals surface area contributed by atoms with Crippen molar-refractivity contribution in [2.24, 2.45) is 0 Å². The number of nitrogens with zero attached hydrogens (tertiary/aromatic N) is 5. The van der Waals surface area contributed by atoms with Crippen LogP contribution in [0, 0.1) is 6.92 Å². The molecule has 47 heavy (non-hydrogen) atoms. The second kappa shape index (κ2) is 12.5. The lowest BCUT2D eigenvalue weighted by atomic mass is 9.95. The molecule has 0 saturated heterocycles. The molecule has 14 heteroatoms. The van der Waals surface area contributed by atoms with Crippen molar-refractivity contribution in [2.45, 2.75) is 64.2 Å². The number of hydrogen-bond acceptors (Lipinski definition) is 10. The summed E-state index contributed by atoms with van der Waals surface area (Å²) in [6.07, 6.45) is 1.58. The van der Waals surface area contributed by atoms with Crippen LogP contribution in [0.2, 0.25) is 0 Å². The highest BCUT2D eigenvalue weighted by molar-refractivity contribution is 7.93.